The van der Waals surface area contributed by atoms with Crippen molar-refractivity contribution in [2.24, 2.45) is 0 Å². The highest BCUT2D eigenvalue weighted by atomic mass is 17.1. The maximum atomic E-state index is 9.79. The average molecular weight is 441 g/mol. The average Bonchev–Trinajstić information content (AvgIpc) is 2.79. The van der Waals surface area contributed by atoms with Crippen LogP contribution in [0.3, 0.4) is 0 Å². The predicted molar refractivity (Wildman–Crippen MR) is 139 cm³/mol. The maximum absolute atomic E-state index is 9.79. The number of hydrogen-bond donors (Lipinski definition) is 1. The zero-order valence-electron chi connectivity index (χ0n) is 22.0. The van der Waals surface area contributed by atoms with Gasteiger partial charge in [-0.05, 0) is 19.3 Å². The Hall–Kier alpha value is -0.0800. The first kappa shape index (κ1) is 30.9. The van der Waals surface area contributed by atoms with E-state index in [1.807, 2.05) is 0 Å². The Balaban J connectivity index is 3.89. The lowest BCUT2D eigenvalue weighted by Gasteiger charge is -2.31. The molecule has 0 fully saturated rings. The summed E-state index contributed by atoms with van der Waals surface area (Å²) in [4.78, 5) is 5.21. The summed E-state index contributed by atoms with van der Waals surface area (Å²) in [5.74, 6) is 0. The van der Waals surface area contributed by atoms with Crippen LogP contribution >= 0.6 is 0 Å². The van der Waals surface area contributed by atoms with Crippen molar-refractivity contribution < 1.29 is 10.1 Å². The van der Waals surface area contributed by atoms with E-state index in [0.717, 1.165) is 25.7 Å². The molecule has 0 aromatic rings. The van der Waals surface area contributed by atoms with Gasteiger partial charge in [-0.15, -0.1) is 0 Å². The van der Waals surface area contributed by atoms with Gasteiger partial charge in [-0.2, -0.15) is 0 Å². The van der Waals surface area contributed by atoms with Crippen LogP contribution in [0.5, 0.6) is 0 Å². The standard InChI is InChI=1S/C29H60O2/c1-4-7-10-12-14-16-18-20-22-24-27-29(31-30,26-9-6-3)28-25-23-21-19-17-15-13-11-8-5-2/h30H,4-28H2,1-3H3. The van der Waals surface area contributed by atoms with E-state index >= 15 is 0 Å². The van der Waals surface area contributed by atoms with E-state index < -0.39 is 0 Å². The monoisotopic (exact) mass is 440 g/mol. The van der Waals surface area contributed by atoms with Gasteiger partial charge in [0.1, 0.15) is 5.60 Å². The Labute approximate surface area is 197 Å². The molecule has 0 aliphatic rings. The molecule has 0 rings (SSSR count). The molecule has 0 heterocycles. The fourth-order valence-electron chi connectivity index (χ4n) is 4.88. The third-order valence-electron chi connectivity index (χ3n) is 7.15. The van der Waals surface area contributed by atoms with Crippen molar-refractivity contribution in [2.75, 3.05) is 0 Å². The van der Waals surface area contributed by atoms with Crippen LogP contribution < -0.4 is 0 Å². The van der Waals surface area contributed by atoms with Gasteiger partial charge in [-0.3, -0.25) is 5.26 Å². The molecule has 0 unspecified atom stereocenters. The lowest BCUT2D eigenvalue weighted by atomic mass is 9.85. The normalized spacial score (nSPS) is 12.0. The van der Waals surface area contributed by atoms with Crippen LogP contribution in [0.25, 0.3) is 0 Å². The van der Waals surface area contributed by atoms with Gasteiger partial charge in [0.25, 0.3) is 0 Å². The van der Waals surface area contributed by atoms with Crippen molar-refractivity contribution >= 4 is 0 Å². The van der Waals surface area contributed by atoms with Gasteiger partial charge < -0.3 is 0 Å². The van der Waals surface area contributed by atoms with E-state index in [9.17, 15) is 5.26 Å². The fourth-order valence-corrected chi connectivity index (χ4v) is 4.88. The first-order valence-electron chi connectivity index (χ1n) is 14.6. The van der Waals surface area contributed by atoms with Crippen molar-refractivity contribution in [3.05, 3.63) is 0 Å². The molecule has 0 bridgehead atoms. The van der Waals surface area contributed by atoms with Gasteiger partial charge in [0.2, 0.25) is 0 Å². The topological polar surface area (TPSA) is 29.5 Å². The van der Waals surface area contributed by atoms with Gasteiger partial charge in [-0.25, -0.2) is 4.89 Å². The highest BCUT2D eigenvalue weighted by molar-refractivity contribution is 4.80. The molecular formula is C29H60O2. The molecule has 0 aromatic carbocycles. The molecule has 0 radical (unpaired) electrons. The van der Waals surface area contributed by atoms with E-state index in [-0.39, 0.29) is 5.60 Å². The summed E-state index contributed by atoms with van der Waals surface area (Å²) in [6.45, 7) is 6.81. The molecule has 0 atom stereocenters. The van der Waals surface area contributed by atoms with E-state index in [1.54, 1.807) is 0 Å². The third kappa shape index (κ3) is 20.3. The summed E-state index contributed by atoms with van der Waals surface area (Å²) in [7, 11) is 0. The van der Waals surface area contributed by atoms with Crippen LogP contribution in [-0.4, -0.2) is 10.9 Å². The van der Waals surface area contributed by atoms with Crippen LogP contribution in [0.15, 0.2) is 0 Å². The Bertz CT molecular complexity index is 305. The van der Waals surface area contributed by atoms with Crippen molar-refractivity contribution in [3.8, 4) is 0 Å². The van der Waals surface area contributed by atoms with Crippen LogP contribution in [0, 0.1) is 0 Å². The van der Waals surface area contributed by atoms with Crippen molar-refractivity contribution in [1.82, 2.24) is 0 Å². The van der Waals surface area contributed by atoms with Gasteiger partial charge >= 0.3 is 0 Å². The van der Waals surface area contributed by atoms with E-state index in [0.29, 0.717) is 0 Å². The van der Waals surface area contributed by atoms with Crippen molar-refractivity contribution in [3.63, 3.8) is 0 Å². The molecule has 2 heteroatoms. The second-order valence-corrected chi connectivity index (χ2v) is 10.2. The SMILES string of the molecule is CCCCCCCCCCCCC(CCCC)(CCCCCCCCCCCC)OO. The van der Waals surface area contributed by atoms with Crippen molar-refractivity contribution in [1.29, 1.82) is 0 Å². The minimum atomic E-state index is -0.268. The minimum Gasteiger partial charge on any atom is -0.251 e. The zero-order valence-corrected chi connectivity index (χ0v) is 22.0. The second-order valence-electron chi connectivity index (χ2n) is 10.2. The first-order valence-corrected chi connectivity index (χ1v) is 14.6. The molecule has 0 aliphatic heterocycles. The smallest absolute Gasteiger partial charge is 0.103 e. The molecule has 0 spiro atoms. The third-order valence-corrected chi connectivity index (χ3v) is 7.15. The molecule has 2 nitrogen and oxygen atoms in total. The first-order chi connectivity index (χ1) is 15.2. The lowest BCUT2D eigenvalue weighted by Crippen LogP contribution is -2.31. The summed E-state index contributed by atoms with van der Waals surface area (Å²) < 4.78 is 0. The van der Waals surface area contributed by atoms with Crippen molar-refractivity contribution in [2.45, 2.75) is 187 Å². The van der Waals surface area contributed by atoms with Gasteiger partial charge in [-0.1, -0.05) is 162 Å². The molecule has 1 N–H and O–H groups in total. The molecule has 0 amide bonds. The largest absolute Gasteiger partial charge is 0.251 e. The molecule has 0 aliphatic carbocycles. The molecule has 31 heavy (non-hydrogen) atoms. The summed E-state index contributed by atoms with van der Waals surface area (Å²) in [5.41, 5.74) is -0.268. The van der Waals surface area contributed by atoms with Crippen LogP contribution in [0.1, 0.15) is 181 Å². The summed E-state index contributed by atoms with van der Waals surface area (Å²) >= 11 is 0. The second kappa shape index (κ2) is 24.6. The fraction of sp³-hybridized carbons (Fsp3) is 1.00. The van der Waals surface area contributed by atoms with Crippen LogP contribution in [0.4, 0.5) is 0 Å². The van der Waals surface area contributed by atoms with E-state index in [4.69, 9.17) is 4.89 Å². The van der Waals surface area contributed by atoms with Gasteiger partial charge in [0, 0.05) is 0 Å². The minimum absolute atomic E-state index is 0.268. The summed E-state index contributed by atoms with van der Waals surface area (Å²) in [6, 6.07) is 0. The predicted octanol–water partition coefficient (Wildman–Crippen LogP) is 11.0. The Morgan fingerprint density at radius 3 is 0.935 bits per heavy atom. The molecule has 0 saturated carbocycles. The number of hydrogen-bond acceptors (Lipinski definition) is 2. The molecule has 188 valence electrons. The summed E-state index contributed by atoms with van der Waals surface area (Å²) in [6.07, 6.45) is 32.7. The van der Waals surface area contributed by atoms with Crippen LogP contribution in [0.2, 0.25) is 0 Å². The lowest BCUT2D eigenvalue weighted by molar-refractivity contribution is -0.330. The highest BCUT2D eigenvalue weighted by Crippen LogP contribution is 2.31. The Morgan fingerprint density at radius 1 is 0.387 bits per heavy atom. The van der Waals surface area contributed by atoms with E-state index in [1.165, 1.54) is 135 Å². The maximum Gasteiger partial charge on any atom is 0.103 e. The quantitative estimate of drug-likeness (QED) is 0.0823. The number of unbranched alkanes of at least 4 members (excludes halogenated alkanes) is 19. The number of rotatable bonds is 26. The van der Waals surface area contributed by atoms with Crippen LogP contribution in [-0.2, 0) is 4.89 Å². The zero-order chi connectivity index (χ0) is 22.9. The summed E-state index contributed by atoms with van der Waals surface area (Å²) in [5, 5.41) is 9.79. The molecule has 0 saturated heterocycles. The molecular weight excluding hydrogens is 380 g/mol. The Morgan fingerprint density at radius 2 is 0.645 bits per heavy atom. The van der Waals surface area contributed by atoms with Gasteiger partial charge in [0.15, 0.2) is 0 Å². The Kier molecular flexibility index (Phi) is 24.5. The highest BCUT2D eigenvalue weighted by Gasteiger charge is 2.30. The van der Waals surface area contributed by atoms with E-state index in [2.05, 4.69) is 20.8 Å². The van der Waals surface area contributed by atoms with Gasteiger partial charge in [0.05, 0.1) is 0 Å². The molecule has 0 aromatic heterocycles.